The van der Waals surface area contributed by atoms with Crippen LogP contribution >= 0.6 is 0 Å². The number of hydrogen-bond acceptors (Lipinski definition) is 2. The first kappa shape index (κ1) is 12.4. The van der Waals surface area contributed by atoms with Gasteiger partial charge in [-0.25, -0.2) is 0 Å². The first-order chi connectivity index (χ1) is 7.79. The van der Waals surface area contributed by atoms with Gasteiger partial charge in [0.1, 0.15) is 0 Å². The van der Waals surface area contributed by atoms with E-state index in [9.17, 15) is 0 Å². The molecule has 1 aliphatic heterocycles. The molecule has 0 aromatic rings. The zero-order chi connectivity index (χ0) is 11.4. The van der Waals surface area contributed by atoms with Gasteiger partial charge in [-0.2, -0.15) is 0 Å². The van der Waals surface area contributed by atoms with Crippen LogP contribution in [0.2, 0.25) is 0 Å². The Bertz CT molecular complexity index is 201. The second-order valence-electron chi connectivity index (χ2n) is 5.75. The Balaban J connectivity index is 1.82. The SMILES string of the molecule is CCC1CC(C)CCC1NC1CCOCC1. The lowest BCUT2D eigenvalue weighted by Crippen LogP contribution is -2.47. The topological polar surface area (TPSA) is 21.3 Å². The Morgan fingerprint density at radius 2 is 1.88 bits per heavy atom. The smallest absolute Gasteiger partial charge is 0.0480 e. The molecule has 1 aliphatic carbocycles. The van der Waals surface area contributed by atoms with E-state index in [4.69, 9.17) is 4.74 Å². The fourth-order valence-corrected chi connectivity index (χ4v) is 3.34. The number of nitrogens with one attached hydrogen (secondary N) is 1. The van der Waals surface area contributed by atoms with Crippen molar-refractivity contribution in [3.8, 4) is 0 Å². The fraction of sp³-hybridized carbons (Fsp3) is 1.00. The molecule has 3 unspecified atom stereocenters. The van der Waals surface area contributed by atoms with Gasteiger partial charge in [0.2, 0.25) is 0 Å². The van der Waals surface area contributed by atoms with Gasteiger partial charge in [-0.05, 0) is 43.9 Å². The maximum Gasteiger partial charge on any atom is 0.0480 e. The molecular weight excluding hydrogens is 198 g/mol. The zero-order valence-corrected chi connectivity index (χ0v) is 10.9. The van der Waals surface area contributed by atoms with Crippen molar-refractivity contribution in [1.29, 1.82) is 0 Å². The van der Waals surface area contributed by atoms with Crippen molar-refractivity contribution >= 4 is 0 Å². The Kier molecular flexibility index (Phi) is 4.66. The second kappa shape index (κ2) is 6.02. The van der Waals surface area contributed by atoms with Crippen molar-refractivity contribution < 1.29 is 4.74 Å². The summed E-state index contributed by atoms with van der Waals surface area (Å²) in [7, 11) is 0. The molecule has 0 bridgehead atoms. The van der Waals surface area contributed by atoms with Crippen LogP contribution in [-0.2, 0) is 4.74 Å². The molecule has 0 spiro atoms. The van der Waals surface area contributed by atoms with E-state index in [0.717, 1.165) is 37.1 Å². The molecule has 0 aromatic heterocycles. The maximum atomic E-state index is 5.42. The summed E-state index contributed by atoms with van der Waals surface area (Å²) < 4.78 is 5.42. The predicted molar refractivity (Wildman–Crippen MR) is 67.6 cm³/mol. The molecular formula is C14H27NO. The molecule has 0 amide bonds. The van der Waals surface area contributed by atoms with E-state index < -0.39 is 0 Å². The number of rotatable bonds is 3. The van der Waals surface area contributed by atoms with E-state index in [0.29, 0.717) is 0 Å². The van der Waals surface area contributed by atoms with Crippen LogP contribution in [0.3, 0.4) is 0 Å². The van der Waals surface area contributed by atoms with E-state index in [2.05, 4.69) is 19.2 Å². The molecule has 2 aliphatic rings. The Morgan fingerprint density at radius 3 is 2.56 bits per heavy atom. The fourth-order valence-electron chi connectivity index (χ4n) is 3.34. The highest BCUT2D eigenvalue weighted by atomic mass is 16.5. The Labute approximate surface area is 100 Å². The third-order valence-electron chi connectivity index (χ3n) is 4.44. The minimum Gasteiger partial charge on any atom is -0.381 e. The van der Waals surface area contributed by atoms with Crippen molar-refractivity contribution in [1.82, 2.24) is 5.32 Å². The minimum atomic E-state index is 0.723. The summed E-state index contributed by atoms with van der Waals surface area (Å²) in [5.41, 5.74) is 0. The molecule has 2 rings (SSSR count). The molecule has 1 saturated heterocycles. The van der Waals surface area contributed by atoms with Gasteiger partial charge < -0.3 is 10.1 Å². The summed E-state index contributed by atoms with van der Waals surface area (Å²) in [6.45, 7) is 6.67. The van der Waals surface area contributed by atoms with Crippen molar-refractivity contribution in [2.45, 2.75) is 64.5 Å². The van der Waals surface area contributed by atoms with Gasteiger partial charge in [-0.1, -0.05) is 20.3 Å². The summed E-state index contributed by atoms with van der Waals surface area (Å²) in [5.74, 6) is 1.85. The molecule has 94 valence electrons. The van der Waals surface area contributed by atoms with Crippen LogP contribution in [0.4, 0.5) is 0 Å². The number of ether oxygens (including phenoxy) is 1. The largest absolute Gasteiger partial charge is 0.381 e. The van der Waals surface area contributed by atoms with Gasteiger partial charge in [0, 0.05) is 25.3 Å². The first-order valence-corrected chi connectivity index (χ1v) is 7.13. The highest BCUT2D eigenvalue weighted by molar-refractivity contribution is 4.86. The molecule has 1 heterocycles. The summed E-state index contributed by atoms with van der Waals surface area (Å²) in [5, 5.41) is 3.90. The molecule has 16 heavy (non-hydrogen) atoms. The molecule has 0 aromatic carbocycles. The molecule has 2 nitrogen and oxygen atoms in total. The predicted octanol–water partition coefficient (Wildman–Crippen LogP) is 2.97. The van der Waals surface area contributed by atoms with E-state index in [1.54, 1.807) is 0 Å². The minimum absolute atomic E-state index is 0.723. The van der Waals surface area contributed by atoms with Gasteiger partial charge in [0.25, 0.3) is 0 Å². The van der Waals surface area contributed by atoms with Crippen LogP contribution in [0, 0.1) is 11.8 Å². The standard InChI is InChI=1S/C14H27NO/c1-3-12-10-11(2)4-5-14(12)15-13-6-8-16-9-7-13/h11-15H,3-10H2,1-2H3. The van der Waals surface area contributed by atoms with E-state index in [-0.39, 0.29) is 0 Å². The van der Waals surface area contributed by atoms with Crippen LogP contribution in [0.1, 0.15) is 52.4 Å². The quantitative estimate of drug-likeness (QED) is 0.797. The van der Waals surface area contributed by atoms with Crippen LogP contribution in [0.25, 0.3) is 0 Å². The summed E-state index contributed by atoms with van der Waals surface area (Å²) >= 11 is 0. The van der Waals surface area contributed by atoms with Crippen molar-refractivity contribution in [2.75, 3.05) is 13.2 Å². The third-order valence-corrected chi connectivity index (χ3v) is 4.44. The Morgan fingerprint density at radius 1 is 1.12 bits per heavy atom. The lowest BCUT2D eigenvalue weighted by atomic mass is 9.77. The van der Waals surface area contributed by atoms with Gasteiger partial charge in [0.05, 0.1) is 0 Å². The van der Waals surface area contributed by atoms with E-state index in [1.165, 1.54) is 38.5 Å². The lowest BCUT2D eigenvalue weighted by molar-refractivity contribution is 0.0672. The van der Waals surface area contributed by atoms with Gasteiger partial charge >= 0.3 is 0 Å². The summed E-state index contributed by atoms with van der Waals surface area (Å²) in [6.07, 6.45) is 7.99. The van der Waals surface area contributed by atoms with Crippen LogP contribution in [0.5, 0.6) is 0 Å². The molecule has 0 radical (unpaired) electrons. The van der Waals surface area contributed by atoms with Gasteiger partial charge in [0.15, 0.2) is 0 Å². The van der Waals surface area contributed by atoms with Gasteiger partial charge in [-0.15, -0.1) is 0 Å². The maximum absolute atomic E-state index is 5.42. The lowest BCUT2D eigenvalue weighted by Gasteiger charge is -2.38. The third kappa shape index (κ3) is 3.21. The normalized spacial score (nSPS) is 37.5. The molecule has 2 fully saturated rings. The van der Waals surface area contributed by atoms with E-state index in [1.807, 2.05) is 0 Å². The summed E-state index contributed by atoms with van der Waals surface area (Å²) in [4.78, 5) is 0. The molecule has 3 atom stereocenters. The van der Waals surface area contributed by atoms with Crippen LogP contribution in [-0.4, -0.2) is 25.3 Å². The van der Waals surface area contributed by atoms with Gasteiger partial charge in [-0.3, -0.25) is 0 Å². The molecule has 2 heteroatoms. The highest BCUT2D eigenvalue weighted by Crippen LogP contribution is 2.31. The highest BCUT2D eigenvalue weighted by Gasteiger charge is 2.29. The first-order valence-electron chi connectivity index (χ1n) is 7.13. The average Bonchev–Trinajstić information content (AvgIpc) is 2.33. The van der Waals surface area contributed by atoms with Crippen LogP contribution < -0.4 is 5.32 Å². The monoisotopic (exact) mass is 225 g/mol. The average molecular weight is 225 g/mol. The Hall–Kier alpha value is -0.0800. The van der Waals surface area contributed by atoms with Crippen molar-refractivity contribution in [2.24, 2.45) is 11.8 Å². The van der Waals surface area contributed by atoms with Crippen molar-refractivity contribution in [3.63, 3.8) is 0 Å². The van der Waals surface area contributed by atoms with Crippen LogP contribution in [0.15, 0.2) is 0 Å². The summed E-state index contributed by atoms with van der Waals surface area (Å²) in [6, 6.07) is 1.51. The number of hydrogen-bond donors (Lipinski definition) is 1. The molecule has 1 saturated carbocycles. The van der Waals surface area contributed by atoms with E-state index >= 15 is 0 Å². The zero-order valence-electron chi connectivity index (χ0n) is 10.9. The van der Waals surface area contributed by atoms with Crippen molar-refractivity contribution in [3.05, 3.63) is 0 Å². The molecule has 1 N–H and O–H groups in total. The second-order valence-corrected chi connectivity index (χ2v) is 5.75.